The fourth-order valence-corrected chi connectivity index (χ4v) is 2.18. The van der Waals surface area contributed by atoms with Crippen molar-refractivity contribution in [3.8, 4) is 0 Å². The van der Waals surface area contributed by atoms with Crippen LogP contribution in [-0.2, 0) is 4.79 Å². The molecule has 0 saturated carbocycles. The van der Waals surface area contributed by atoms with Gasteiger partial charge in [-0.1, -0.05) is 25.0 Å². The molecule has 0 bridgehead atoms. The van der Waals surface area contributed by atoms with E-state index in [2.05, 4.69) is 0 Å². The summed E-state index contributed by atoms with van der Waals surface area (Å²) in [6, 6.07) is 0. The first-order valence-electron chi connectivity index (χ1n) is 4.73. The van der Waals surface area contributed by atoms with Crippen molar-refractivity contribution in [2.45, 2.75) is 40.5 Å². The quantitative estimate of drug-likeness (QED) is 0.575. The van der Waals surface area contributed by atoms with Crippen LogP contribution in [0.15, 0.2) is 11.1 Å². The highest BCUT2D eigenvalue weighted by Gasteiger charge is 2.35. The number of aliphatic carboxylic acids is 1. The van der Waals surface area contributed by atoms with Crippen molar-refractivity contribution >= 4 is 5.97 Å². The molecule has 0 aromatic carbocycles. The van der Waals surface area contributed by atoms with Gasteiger partial charge in [0.2, 0.25) is 0 Å². The Morgan fingerprint density at radius 2 is 2.00 bits per heavy atom. The van der Waals surface area contributed by atoms with E-state index in [0.717, 1.165) is 18.4 Å². The van der Waals surface area contributed by atoms with Gasteiger partial charge >= 0.3 is 0 Å². The standard InChI is InChI=1S/C11H18O2/c1-7-5-6-11(3,4)9(8(7)2)10(12)13/h9H,5-6H2,1-4H3,(H,12,13)/p-1. The lowest BCUT2D eigenvalue weighted by Gasteiger charge is -2.40. The zero-order chi connectivity index (χ0) is 10.2. The van der Waals surface area contributed by atoms with E-state index in [-0.39, 0.29) is 5.41 Å². The molecule has 1 rings (SSSR count). The second-order valence-corrected chi connectivity index (χ2v) is 4.70. The zero-order valence-electron chi connectivity index (χ0n) is 8.81. The van der Waals surface area contributed by atoms with Crippen LogP contribution >= 0.6 is 0 Å². The molecular formula is C11H17O2-. The summed E-state index contributed by atoms with van der Waals surface area (Å²) in [5.74, 6) is -1.33. The number of carbonyl (C=O) groups excluding carboxylic acids is 1. The van der Waals surface area contributed by atoms with E-state index in [0.29, 0.717) is 0 Å². The van der Waals surface area contributed by atoms with E-state index in [4.69, 9.17) is 0 Å². The molecule has 74 valence electrons. The van der Waals surface area contributed by atoms with Crippen molar-refractivity contribution in [2.75, 3.05) is 0 Å². The van der Waals surface area contributed by atoms with E-state index < -0.39 is 11.9 Å². The summed E-state index contributed by atoms with van der Waals surface area (Å²) in [4.78, 5) is 11.0. The average molecular weight is 181 g/mol. The molecule has 1 unspecified atom stereocenters. The summed E-state index contributed by atoms with van der Waals surface area (Å²) in [5, 5.41) is 11.0. The monoisotopic (exact) mass is 181 g/mol. The molecule has 13 heavy (non-hydrogen) atoms. The first-order chi connectivity index (χ1) is 5.86. The van der Waals surface area contributed by atoms with Crippen LogP contribution < -0.4 is 5.11 Å². The summed E-state index contributed by atoms with van der Waals surface area (Å²) < 4.78 is 0. The van der Waals surface area contributed by atoms with Crippen LogP contribution in [0.4, 0.5) is 0 Å². The molecule has 1 aliphatic carbocycles. The number of carboxylic acid groups (broad SMARTS) is 1. The molecule has 0 saturated heterocycles. The minimum Gasteiger partial charge on any atom is -0.549 e. The van der Waals surface area contributed by atoms with Crippen LogP contribution in [0.5, 0.6) is 0 Å². The lowest BCUT2D eigenvalue weighted by Crippen LogP contribution is -2.43. The Hall–Kier alpha value is -0.790. The molecule has 1 aliphatic rings. The van der Waals surface area contributed by atoms with E-state index in [1.165, 1.54) is 5.57 Å². The zero-order valence-corrected chi connectivity index (χ0v) is 8.81. The predicted octanol–water partition coefficient (Wildman–Crippen LogP) is 1.51. The Morgan fingerprint density at radius 1 is 1.46 bits per heavy atom. The Morgan fingerprint density at radius 3 is 2.38 bits per heavy atom. The van der Waals surface area contributed by atoms with Gasteiger partial charge in [-0.3, -0.25) is 0 Å². The fourth-order valence-electron chi connectivity index (χ4n) is 2.18. The smallest absolute Gasteiger partial charge is 0.0491 e. The maximum Gasteiger partial charge on any atom is 0.0491 e. The van der Waals surface area contributed by atoms with Gasteiger partial charge in [0.15, 0.2) is 0 Å². The Bertz CT molecular complexity index is 261. The van der Waals surface area contributed by atoms with E-state index >= 15 is 0 Å². The summed E-state index contributed by atoms with van der Waals surface area (Å²) in [7, 11) is 0. The first-order valence-corrected chi connectivity index (χ1v) is 4.73. The Labute approximate surface area is 79.6 Å². The van der Waals surface area contributed by atoms with E-state index in [9.17, 15) is 9.90 Å². The largest absolute Gasteiger partial charge is 0.549 e. The van der Waals surface area contributed by atoms with Crippen molar-refractivity contribution in [3.05, 3.63) is 11.1 Å². The highest BCUT2D eigenvalue weighted by atomic mass is 16.4. The van der Waals surface area contributed by atoms with Crippen LogP contribution in [0.1, 0.15) is 40.5 Å². The van der Waals surface area contributed by atoms with Crippen molar-refractivity contribution < 1.29 is 9.90 Å². The predicted molar refractivity (Wildman–Crippen MR) is 49.9 cm³/mol. The molecular weight excluding hydrogens is 164 g/mol. The van der Waals surface area contributed by atoms with Crippen LogP contribution in [0.2, 0.25) is 0 Å². The summed E-state index contributed by atoms with van der Waals surface area (Å²) >= 11 is 0. The number of carbonyl (C=O) groups is 1. The molecule has 2 nitrogen and oxygen atoms in total. The normalized spacial score (nSPS) is 27.5. The number of rotatable bonds is 1. The molecule has 0 amide bonds. The van der Waals surface area contributed by atoms with Gasteiger partial charge in [0.05, 0.1) is 0 Å². The molecule has 0 aromatic rings. The molecule has 0 aliphatic heterocycles. The fraction of sp³-hybridized carbons (Fsp3) is 0.727. The molecule has 2 heteroatoms. The highest BCUT2D eigenvalue weighted by molar-refractivity contribution is 5.73. The van der Waals surface area contributed by atoms with Gasteiger partial charge in [-0.15, -0.1) is 0 Å². The van der Waals surface area contributed by atoms with Crippen molar-refractivity contribution in [3.63, 3.8) is 0 Å². The third kappa shape index (κ3) is 1.77. The van der Waals surface area contributed by atoms with Crippen LogP contribution in [0, 0.1) is 11.3 Å². The second kappa shape index (κ2) is 3.17. The van der Waals surface area contributed by atoms with E-state index in [1.807, 2.05) is 27.7 Å². The Kier molecular flexibility index (Phi) is 2.51. The molecule has 0 spiro atoms. The van der Waals surface area contributed by atoms with Gasteiger partial charge in [-0.05, 0) is 32.1 Å². The van der Waals surface area contributed by atoms with Crippen LogP contribution in [0.25, 0.3) is 0 Å². The molecule has 0 aromatic heterocycles. The third-order valence-corrected chi connectivity index (χ3v) is 3.27. The Balaban J connectivity index is 3.09. The molecule has 1 atom stereocenters. The molecule has 0 fully saturated rings. The molecule has 0 heterocycles. The SMILES string of the molecule is CC1=C(C)C(C(=O)[O-])C(C)(C)CC1. The van der Waals surface area contributed by atoms with Gasteiger partial charge in [0, 0.05) is 11.9 Å². The lowest BCUT2D eigenvalue weighted by molar-refractivity contribution is -0.313. The second-order valence-electron chi connectivity index (χ2n) is 4.70. The average Bonchev–Trinajstić information content (AvgIpc) is 1.96. The van der Waals surface area contributed by atoms with Gasteiger partial charge in [-0.25, -0.2) is 0 Å². The molecule has 0 N–H and O–H groups in total. The summed E-state index contributed by atoms with van der Waals surface area (Å²) in [6.45, 7) is 7.93. The number of hydrogen-bond acceptors (Lipinski definition) is 2. The first kappa shape index (κ1) is 10.3. The van der Waals surface area contributed by atoms with Crippen molar-refractivity contribution in [1.29, 1.82) is 0 Å². The van der Waals surface area contributed by atoms with Crippen molar-refractivity contribution in [2.24, 2.45) is 11.3 Å². The van der Waals surface area contributed by atoms with Crippen LogP contribution in [0.3, 0.4) is 0 Å². The van der Waals surface area contributed by atoms with Crippen molar-refractivity contribution in [1.82, 2.24) is 0 Å². The topological polar surface area (TPSA) is 40.1 Å². The third-order valence-electron chi connectivity index (χ3n) is 3.27. The highest BCUT2D eigenvalue weighted by Crippen LogP contribution is 2.43. The van der Waals surface area contributed by atoms with E-state index in [1.54, 1.807) is 0 Å². The van der Waals surface area contributed by atoms with Gasteiger partial charge in [0.1, 0.15) is 0 Å². The number of carboxylic acids is 1. The molecule has 0 radical (unpaired) electrons. The maximum atomic E-state index is 11.0. The van der Waals surface area contributed by atoms with Gasteiger partial charge < -0.3 is 9.90 Å². The van der Waals surface area contributed by atoms with Crippen LogP contribution in [-0.4, -0.2) is 5.97 Å². The summed E-state index contributed by atoms with van der Waals surface area (Å²) in [5.41, 5.74) is 2.06. The number of hydrogen-bond donors (Lipinski definition) is 0. The van der Waals surface area contributed by atoms with Gasteiger partial charge in [0.25, 0.3) is 0 Å². The van der Waals surface area contributed by atoms with Gasteiger partial charge in [-0.2, -0.15) is 0 Å². The minimum absolute atomic E-state index is 0.150. The number of allylic oxidation sites excluding steroid dienone is 1. The lowest BCUT2D eigenvalue weighted by atomic mass is 9.67. The summed E-state index contributed by atoms with van der Waals surface area (Å²) in [6.07, 6.45) is 1.96. The maximum absolute atomic E-state index is 11.0. The minimum atomic E-state index is -0.929.